The smallest absolute Gasteiger partial charge is 0.256 e. The van der Waals surface area contributed by atoms with Gasteiger partial charge in [-0.3, -0.25) is 9.59 Å². The topological polar surface area (TPSA) is 96.0 Å². The Bertz CT molecular complexity index is 802. The lowest BCUT2D eigenvalue weighted by Crippen LogP contribution is -2.15. The van der Waals surface area contributed by atoms with Crippen LogP contribution in [0.1, 0.15) is 15.9 Å². The predicted molar refractivity (Wildman–Crippen MR) is 90.5 cm³/mol. The number of amides is 2. The third kappa shape index (κ3) is 4.49. The van der Waals surface area contributed by atoms with Crippen molar-refractivity contribution >= 4 is 40.9 Å². The number of nitrogens with two attached hydrogens (primary N) is 1. The van der Waals surface area contributed by atoms with Gasteiger partial charge in [0, 0.05) is 10.6 Å². The molecule has 0 unspecified atom stereocenters. The van der Waals surface area contributed by atoms with Crippen molar-refractivity contribution in [3.63, 3.8) is 0 Å². The van der Waals surface area contributed by atoms with Crippen molar-refractivity contribution in [3.05, 3.63) is 58.6 Å². The number of anilines is 1. The molecule has 0 heterocycles. The molecule has 7 heteroatoms. The number of thioether (sulfide) groups is 1. The van der Waals surface area contributed by atoms with Crippen LogP contribution in [0.2, 0.25) is 5.02 Å². The van der Waals surface area contributed by atoms with E-state index in [0.717, 1.165) is 0 Å². The highest BCUT2D eigenvalue weighted by atomic mass is 35.5. The van der Waals surface area contributed by atoms with Crippen LogP contribution in [0.15, 0.2) is 47.4 Å². The number of primary amides is 1. The normalized spacial score (nSPS) is 9.91. The predicted octanol–water partition coefficient (Wildman–Crippen LogP) is 3.04. The van der Waals surface area contributed by atoms with E-state index >= 15 is 0 Å². The first-order valence-electron chi connectivity index (χ1n) is 6.52. The first-order valence-corrected chi connectivity index (χ1v) is 7.88. The van der Waals surface area contributed by atoms with Gasteiger partial charge in [0.1, 0.15) is 6.07 Å². The molecule has 2 rings (SSSR count). The van der Waals surface area contributed by atoms with Crippen molar-refractivity contribution < 1.29 is 9.59 Å². The Morgan fingerprint density at radius 1 is 1.26 bits per heavy atom. The second-order valence-corrected chi connectivity index (χ2v) is 5.94. The first kappa shape index (κ1) is 16.9. The van der Waals surface area contributed by atoms with Gasteiger partial charge in [-0.25, -0.2) is 0 Å². The number of hydrogen-bond donors (Lipinski definition) is 2. The van der Waals surface area contributed by atoms with E-state index in [0.29, 0.717) is 21.7 Å². The molecule has 2 amide bonds. The molecule has 0 saturated heterocycles. The van der Waals surface area contributed by atoms with Gasteiger partial charge in [-0.15, -0.1) is 11.8 Å². The fourth-order valence-corrected chi connectivity index (χ4v) is 2.82. The maximum Gasteiger partial charge on any atom is 0.256 e. The van der Waals surface area contributed by atoms with E-state index in [1.165, 1.54) is 23.9 Å². The summed E-state index contributed by atoms with van der Waals surface area (Å²) in [5.74, 6) is -0.699. The van der Waals surface area contributed by atoms with Crippen molar-refractivity contribution in [2.24, 2.45) is 5.73 Å². The second kappa shape index (κ2) is 7.68. The van der Waals surface area contributed by atoms with Crippen LogP contribution in [0.5, 0.6) is 0 Å². The number of nitrogens with zero attached hydrogens (tertiary/aromatic N) is 1. The Hall–Kier alpha value is -2.49. The molecule has 5 nitrogen and oxygen atoms in total. The molecule has 0 atom stereocenters. The van der Waals surface area contributed by atoms with Crippen LogP contribution in [-0.2, 0) is 4.79 Å². The van der Waals surface area contributed by atoms with Crippen molar-refractivity contribution in [3.8, 4) is 6.07 Å². The Balaban J connectivity index is 2.19. The standard InChI is InChI=1S/C16H12ClN3O2S/c17-13-7-11(6-5-10(13)8-18)20-16(22)12-3-1-2-4-14(12)23-9-15(19)21/h1-7H,9H2,(H2,19,21)(H,20,22). The largest absolute Gasteiger partial charge is 0.369 e. The van der Waals surface area contributed by atoms with Crippen LogP contribution >= 0.6 is 23.4 Å². The summed E-state index contributed by atoms with van der Waals surface area (Å²) in [5.41, 5.74) is 6.38. The van der Waals surface area contributed by atoms with E-state index in [1.54, 1.807) is 30.3 Å². The Kier molecular flexibility index (Phi) is 5.63. The highest BCUT2D eigenvalue weighted by molar-refractivity contribution is 8.00. The number of benzene rings is 2. The number of nitriles is 1. The van der Waals surface area contributed by atoms with E-state index in [2.05, 4.69) is 5.32 Å². The summed E-state index contributed by atoms with van der Waals surface area (Å²) in [4.78, 5) is 24.0. The quantitative estimate of drug-likeness (QED) is 0.814. The molecule has 2 aromatic carbocycles. The summed E-state index contributed by atoms with van der Waals surface area (Å²) in [6, 6.07) is 13.5. The third-order valence-corrected chi connectivity index (χ3v) is 4.26. The molecular weight excluding hydrogens is 334 g/mol. The highest BCUT2D eigenvalue weighted by Crippen LogP contribution is 2.25. The number of hydrogen-bond acceptors (Lipinski definition) is 4. The van der Waals surface area contributed by atoms with E-state index in [4.69, 9.17) is 22.6 Å². The monoisotopic (exact) mass is 345 g/mol. The fraction of sp³-hybridized carbons (Fsp3) is 0.0625. The van der Waals surface area contributed by atoms with E-state index < -0.39 is 5.91 Å². The lowest BCUT2D eigenvalue weighted by molar-refractivity contribution is -0.115. The molecule has 0 fully saturated rings. The lowest BCUT2D eigenvalue weighted by Gasteiger charge is -2.10. The molecule has 0 aliphatic rings. The fourth-order valence-electron chi connectivity index (χ4n) is 1.81. The maximum atomic E-state index is 12.4. The summed E-state index contributed by atoms with van der Waals surface area (Å²) < 4.78 is 0. The van der Waals surface area contributed by atoms with Gasteiger partial charge in [0.05, 0.1) is 21.9 Å². The molecule has 0 spiro atoms. The average molecular weight is 346 g/mol. The van der Waals surface area contributed by atoms with Gasteiger partial charge in [-0.2, -0.15) is 5.26 Å². The Morgan fingerprint density at radius 3 is 2.65 bits per heavy atom. The van der Waals surface area contributed by atoms with Crippen LogP contribution < -0.4 is 11.1 Å². The summed E-state index contributed by atoms with van der Waals surface area (Å²) in [7, 11) is 0. The molecule has 0 radical (unpaired) electrons. The summed E-state index contributed by atoms with van der Waals surface area (Å²) >= 11 is 7.14. The Morgan fingerprint density at radius 2 is 2.00 bits per heavy atom. The number of halogens is 1. The molecule has 0 aromatic heterocycles. The lowest BCUT2D eigenvalue weighted by atomic mass is 10.2. The van der Waals surface area contributed by atoms with Crippen LogP contribution in [0.25, 0.3) is 0 Å². The minimum atomic E-state index is -0.455. The SMILES string of the molecule is N#Cc1ccc(NC(=O)c2ccccc2SCC(N)=O)cc1Cl. The number of rotatable bonds is 5. The van der Waals surface area contributed by atoms with Crippen LogP contribution in [0.4, 0.5) is 5.69 Å². The summed E-state index contributed by atoms with van der Waals surface area (Å²) in [6.45, 7) is 0. The number of carbonyl (C=O) groups is 2. The van der Waals surface area contributed by atoms with Crippen molar-refractivity contribution in [1.82, 2.24) is 0 Å². The summed E-state index contributed by atoms with van der Waals surface area (Å²) in [6.07, 6.45) is 0. The van der Waals surface area contributed by atoms with Crippen molar-refractivity contribution in [2.75, 3.05) is 11.1 Å². The van der Waals surface area contributed by atoms with Gasteiger partial charge in [0.25, 0.3) is 5.91 Å². The minimum absolute atomic E-state index is 0.0903. The number of nitrogens with one attached hydrogen (secondary N) is 1. The van der Waals surface area contributed by atoms with Crippen molar-refractivity contribution in [1.29, 1.82) is 5.26 Å². The van der Waals surface area contributed by atoms with Gasteiger partial charge < -0.3 is 11.1 Å². The average Bonchev–Trinajstić information content (AvgIpc) is 2.53. The molecule has 3 N–H and O–H groups in total. The number of carbonyl (C=O) groups excluding carboxylic acids is 2. The maximum absolute atomic E-state index is 12.4. The zero-order chi connectivity index (χ0) is 16.8. The molecule has 0 bridgehead atoms. The van der Waals surface area contributed by atoms with Gasteiger partial charge in [-0.1, -0.05) is 23.7 Å². The van der Waals surface area contributed by atoms with E-state index in [9.17, 15) is 9.59 Å². The van der Waals surface area contributed by atoms with Crippen LogP contribution in [0.3, 0.4) is 0 Å². The second-order valence-electron chi connectivity index (χ2n) is 4.51. The zero-order valence-electron chi connectivity index (χ0n) is 11.9. The first-order chi connectivity index (χ1) is 11.0. The molecular formula is C16H12ClN3O2S. The highest BCUT2D eigenvalue weighted by Gasteiger charge is 2.13. The van der Waals surface area contributed by atoms with Gasteiger partial charge in [0.15, 0.2) is 0 Å². The van der Waals surface area contributed by atoms with E-state index in [-0.39, 0.29) is 16.7 Å². The molecule has 2 aromatic rings. The molecule has 0 aliphatic heterocycles. The molecule has 0 saturated carbocycles. The zero-order valence-corrected chi connectivity index (χ0v) is 13.4. The summed E-state index contributed by atoms with van der Waals surface area (Å²) in [5, 5.41) is 11.8. The third-order valence-electron chi connectivity index (χ3n) is 2.85. The van der Waals surface area contributed by atoms with Gasteiger partial charge in [-0.05, 0) is 30.3 Å². The molecule has 0 aliphatic carbocycles. The molecule has 116 valence electrons. The van der Waals surface area contributed by atoms with E-state index in [1.807, 2.05) is 6.07 Å². The van der Waals surface area contributed by atoms with Gasteiger partial charge >= 0.3 is 0 Å². The molecule has 23 heavy (non-hydrogen) atoms. The van der Waals surface area contributed by atoms with Crippen molar-refractivity contribution in [2.45, 2.75) is 4.90 Å². The Labute approximate surface area is 142 Å². The minimum Gasteiger partial charge on any atom is -0.369 e. The van der Waals surface area contributed by atoms with Crippen LogP contribution in [-0.4, -0.2) is 17.6 Å². The van der Waals surface area contributed by atoms with Crippen LogP contribution in [0, 0.1) is 11.3 Å². The van der Waals surface area contributed by atoms with Gasteiger partial charge in [0.2, 0.25) is 5.91 Å².